The van der Waals surface area contributed by atoms with Gasteiger partial charge in [-0.3, -0.25) is 9.36 Å². The number of para-hydroxylation sites is 1. The topological polar surface area (TPSA) is 34.9 Å². The molecular formula is C34H26N2O. The van der Waals surface area contributed by atoms with Crippen molar-refractivity contribution in [2.45, 2.75) is 25.2 Å². The summed E-state index contributed by atoms with van der Waals surface area (Å²) in [4.78, 5) is 19.0. The molecule has 7 rings (SSSR count). The first-order valence-corrected chi connectivity index (χ1v) is 12.8. The van der Waals surface area contributed by atoms with Gasteiger partial charge in [-0.15, -0.1) is 0 Å². The Labute approximate surface area is 215 Å². The van der Waals surface area contributed by atoms with Gasteiger partial charge < -0.3 is 0 Å². The highest BCUT2D eigenvalue weighted by Crippen LogP contribution is 2.52. The highest BCUT2D eigenvalue weighted by Gasteiger charge is 2.45. The normalized spacial score (nSPS) is 13.7. The minimum atomic E-state index is -0.624. The molecule has 3 nitrogen and oxygen atoms in total. The van der Waals surface area contributed by atoms with Crippen molar-refractivity contribution in [1.29, 1.82) is 0 Å². The van der Waals surface area contributed by atoms with Crippen LogP contribution in [0.5, 0.6) is 0 Å². The molecular weight excluding hydrogens is 452 g/mol. The van der Waals surface area contributed by atoms with Gasteiger partial charge in [0, 0.05) is 22.5 Å². The lowest BCUT2D eigenvalue weighted by Gasteiger charge is -2.42. The quantitative estimate of drug-likeness (QED) is 0.249. The van der Waals surface area contributed by atoms with E-state index < -0.39 is 5.41 Å². The zero-order chi connectivity index (χ0) is 25.1. The third kappa shape index (κ3) is 2.88. The van der Waals surface area contributed by atoms with E-state index in [2.05, 4.69) is 103 Å². The summed E-state index contributed by atoms with van der Waals surface area (Å²) in [5.41, 5.74) is 6.98. The average molecular weight is 479 g/mol. The Balaban J connectivity index is 1.78. The minimum absolute atomic E-state index is 0.0628. The van der Waals surface area contributed by atoms with Gasteiger partial charge in [-0.2, -0.15) is 0 Å². The zero-order valence-electron chi connectivity index (χ0n) is 20.8. The van der Waals surface area contributed by atoms with E-state index in [1.165, 1.54) is 5.56 Å². The standard InChI is InChI=1S/C34H26N2O/c1-22(2)23-18-19-26-30(21-23)36-31-27(32(26)37)15-9-16-28(31)34(24-11-5-3-6-12-24,25-13-7-4-8-14-25)29-17-10-20-35-33(29)36/h3-22H,1-2H3. The molecule has 0 saturated carbocycles. The van der Waals surface area contributed by atoms with Gasteiger partial charge in [0.2, 0.25) is 0 Å². The number of hydrogen-bond acceptors (Lipinski definition) is 2. The predicted molar refractivity (Wildman–Crippen MR) is 151 cm³/mol. The molecule has 6 aromatic rings. The largest absolute Gasteiger partial charge is 0.293 e. The Bertz CT molecular complexity index is 1830. The fourth-order valence-corrected chi connectivity index (χ4v) is 6.22. The lowest BCUT2D eigenvalue weighted by molar-refractivity contribution is 0.716. The van der Waals surface area contributed by atoms with Crippen molar-refractivity contribution in [1.82, 2.24) is 9.55 Å². The molecule has 0 N–H and O–H groups in total. The molecule has 0 fully saturated rings. The molecule has 0 amide bonds. The third-order valence-electron chi connectivity index (χ3n) is 7.90. The maximum atomic E-state index is 14.0. The van der Waals surface area contributed by atoms with Gasteiger partial charge in [0.15, 0.2) is 5.43 Å². The number of hydrogen-bond donors (Lipinski definition) is 0. The summed E-state index contributed by atoms with van der Waals surface area (Å²) < 4.78 is 2.23. The van der Waals surface area contributed by atoms with Crippen LogP contribution in [0.1, 0.15) is 47.6 Å². The molecule has 0 aliphatic carbocycles. The second-order valence-corrected chi connectivity index (χ2v) is 10.2. The van der Waals surface area contributed by atoms with Crippen LogP contribution < -0.4 is 5.43 Å². The smallest absolute Gasteiger partial charge is 0.197 e. The first-order chi connectivity index (χ1) is 18.1. The van der Waals surface area contributed by atoms with E-state index in [4.69, 9.17) is 4.98 Å². The van der Waals surface area contributed by atoms with E-state index in [0.29, 0.717) is 5.92 Å². The fourth-order valence-electron chi connectivity index (χ4n) is 6.22. The maximum absolute atomic E-state index is 14.0. The summed E-state index contributed by atoms with van der Waals surface area (Å²) in [7, 11) is 0. The molecule has 0 saturated heterocycles. The van der Waals surface area contributed by atoms with Crippen LogP contribution in [0.4, 0.5) is 0 Å². The highest BCUT2D eigenvalue weighted by atomic mass is 16.1. The molecule has 0 spiro atoms. The van der Waals surface area contributed by atoms with Gasteiger partial charge in [0.25, 0.3) is 0 Å². The summed E-state index contributed by atoms with van der Waals surface area (Å²) in [6.45, 7) is 4.37. The van der Waals surface area contributed by atoms with E-state index in [9.17, 15) is 4.79 Å². The summed E-state index contributed by atoms with van der Waals surface area (Å²) in [6, 6.07) is 37.9. The first-order valence-electron chi connectivity index (χ1n) is 12.8. The molecule has 3 heterocycles. The number of rotatable bonds is 3. The maximum Gasteiger partial charge on any atom is 0.197 e. The summed E-state index contributed by atoms with van der Waals surface area (Å²) in [5.74, 6) is 1.21. The number of pyridine rings is 2. The molecule has 2 aromatic heterocycles. The van der Waals surface area contributed by atoms with Crippen molar-refractivity contribution in [3.8, 4) is 5.82 Å². The van der Waals surface area contributed by atoms with Gasteiger partial charge in [0.05, 0.1) is 16.4 Å². The van der Waals surface area contributed by atoms with Crippen molar-refractivity contribution >= 4 is 21.8 Å². The van der Waals surface area contributed by atoms with E-state index in [1.807, 2.05) is 30.5 Å². The Hall–Kier alpha value is -4.50. The lowest BCUT2D eigenvalue weighted by Crippen LogP contribution is -2.37. The highest BCUT2D eigenvalue weighted by molar-refractivity contribution is 6.00. The third-order valence-corrected chi connectivity index (χ3v) is 7.90. The van der Waals surface area contributed by atoms with Crippen LogP contribution in [0.25, 0.3) is 27.6 Å². The van der Waals surface area contributed by atoms with Gasteiger partial charge in [-0.25, -0.2) is 4.98 Å². The van der Waals surface area contributed by atoms with Crippen molar-refractivity contribution in [3.05, 3.63) is 153 Å². The van der Waals surface area contributed by atoms with Crippen LogP contribution in [0.3, 0.4) is 0 Å². The molecule has 0 radical (unpaired) electrons. The Morgan fingerprint density at radius 1 is 0.703 bits per heavy atom. The second kappa shape index (κ2) is 8.01. The van der Waals surface area contributed by atoms with Gasteiger partial charge >= 0.3 is 0 Å². The van der Waals surface area contributed by atoms with Gasteiger partial charge in [0.1, 0.15) is 5.82 Å². The van der Waals surface area contributed by atoms with Gasteiger partial charge in [-0.1, -0.05) is 98.8 Å². The monoisotopic (exact) mass is 478 g/mol. The molecule has 1 aliphatic heterocycles. The number of nitrogens with zero attached hydrogens (tertiary/aromatic N) is 2. The summed E-state index contributed by atoms with van der Waals surface area (Å²) in [6.07, 6.45) is 1.86. The van der Waals surface area contributed by atoms with Crippen LogP contribution in [0, 0.1) is 0 Å². The van der Waals surface area contributed by atoms with Crippen LogP contribution in [0.15, 0.2) is 120 Å². The summed E-state index contributed by atoms with van der Waals surface area (Å²) >= 11 is 0. The first kappa shape index (κ1) is 21.8. The van der Waals surface area contributed by atoms with Crippen molar-refractivity contribution in [2.24, 2.45) is 0 Å². The SMILES string of the molecule is CC(C)c1ccc2c(=O)c3cccc4c3n(c2c1)-c1ncccc1C4(c1ccccc1)c1ccccc1. The molecule has 0 unspecified atom stereocenters. The van der Waals surface area contributed by atoms with Crippen LogP contribution in [0.2, 0.25) is 0 Å². The second-order valence-electron chi connectivity index (χ2n) is 10.2. The summed E-state index contributed by atoms with van der Waals surface area (Å²) in [5, 5.41) is 1.44. The van der Waals surface area contributed by atoms with E-state index in [-0.39, 0.29) is 5.43 Å². The van der Waals surface area contributed by atoms with Crippen LogP contribution in [-0.4, -0.2) is 9.55 Å². The molecule has 0 bridgehead atoms. The van der Waals surface area contributed by atoms with E-state index >= 15 is 0 Å². The molecule has 178 valence electrons. The predicted octanol–water partition coefficient (Wildman–Crippen LogP) is 7.36. The Morgan fingerprint density at radius 3 is 2.05 bits per heavy atom. The van der Waals surface area contributed by atoms with Crippen molar-refractivity contribution in [2.75, 3.05) is 0 Å². The molecule has 1 aliphatic rings. The Kier molecular flexibility index (Phi) is 4.71. The minimum Gasteiger partial charge on any atom is -0.293 e. The lowest BCUT2D eigenvalue weighted by atomic mass is 9.63. The molecule has 3 heteroatoms. The number of benzene rings is 4. The van der Waals surface area contributed by atoms with Crippen molar-refractivity contribution < 1.29 is 0 Å². The number of fused-ring (bicyclic) bond motifs is 4. The number of aromatic nitrogens is 2. The van der Waals surface area contributed by atoms with Crippen LogP contribution >= 0.6 is 0 Å². The molecule has 0 atom stereocenters. The molecule has 37 heavy (non-hydrogen) atoms. The average Bonchev–Trinajstić information content (AvgIpc) is 2.95. The van der Waals surface area contributed by atoms with Crippen molar-refractivity contribution in [3.63, 3.8) is 0 Å². The van der Waals surface area contributed by atoms with Gasteiger partial charge in [-0.05, 0) is 52.4 Å². The van der Waals surface area contributed by atoms with Crippen LogP contribution in [-0.2, 0) is 5.41 Å². The van der Waals surface area contributed by atoms with E-state index in [0.717, 1.165) is 49.9 Å². The molecule has 4 aromatic carbocycles. The Morgan fingerprint density at radius 2 is 1.38 bits per heavy atom. The van der Waals surface area contributed by atoms with E-state index in [1.54, 1.807) is 0 Å². The zero-order valence-corrected chi connectivity index (χ0v) is 20.8. The fraction of sp³-hybridized carbons (Fsp3) is 0.118.